The summed E-state index contributed by atoms with van der Waals surface area (Å²) in [4.78, 5) is 25.9. The van der Waals surface area contributed by atoms with Crippen molar-refractivity contribution in [2.45, 2.75) is 26.7 Å². The van der Waals surface area contributed by atoms with E-state index in [1.54, 1.807) is 0 Å². The molecule has 1 N–H and O–H groups in total. The molecule has 0 aromatic heterocycles. The summed E-state index contributed by atoms with van der Waals surface area (Å²) in [6.07, 6.45) is 1.47. The molecule has 5 nitrogen and oxygen atoms in total. The molecule has 2 fully saturated rings. The van der Waals surface area contributed by atoms with Crippen LogP contribution in [0.3, 0.4) is 0 Å². The van der Waals surface area contributed by atoms with E-state index >= 15 is 0 Å². The van der Waals surface area contributed by atoms with Gasteiger partial charge in [0.15, 0.2) is 0 Å². The topological polar surface area (TPSA) is 58.6 Å². The molecule has 1 unspecified atom stereocenters. The Morgan fingerprint density at radius 2 is 1.95 bits per heavy atom. The summed E-state index contributed by atoms with van der Waals surface area (Å²) < 4.78 is 5.04. The van der Waals surface area contributed by atoms with Crippen molar-refractivity contribution < 1.29 is 14.3 Å². The molecule has 1 amide bonds. The fourth-order valence-corrected chi connectivity index (χ4v) is 2.75. The first kappa shape index (κ1) is 14.3. The van der Waals surface area contributed by atoms with Gasteiger partial charge in [0.25, 0.3) is 0 Å². The molecule has 0 bridgehead atoms. The smallest absolute Gasteiger partial charge is 0.309 e. The van der Waals surface area contributed by atoms with Crippen molar-refractivity contribution in [3.05, 3.63) is 0 Å². The van der Waals surface area contributed by atoms with Gasteiger partial charge in [-0.2, -0.15) is 0 Å². The summed E-state index contributed by atoms with van der Waals surface area (Å²) in [6, 6.07) is 0. The number of nitrogens with zero attached hydrogens (tertiary/aromatic N) is 1. The maximum absolute atomic E-state index is 12.3. The van der Waals surface area contributed by atoms with E-state index in [0.717, 1.165) is 25.9 Å². The van der Waals surface area contributed by atoms with Gasteiger partial charge < -0.3 is 15.0 Å². The summed E-state index contributed by atoms with van der Waals surface area (Å²) in [5, 5.41) is 3.20. The van der Waals surface area contributed by atoms with Gasteiger partial charge in [0, 0.05) is 19.0 Å². The van der Waals surface area contributed by atoms with Gasteiger partial charge in [-0.25, -0.2) is 0 Å². The van der Waals surface area contributed by atoms with Crippen molar-refractivity contribution in [1.29, 1.82) is 0 Å². The predicted octanol–water partition coefficient (Wildman–Crippen LogP) is 0.644. The average Bonchev–Trinajstić information content (AvgIpc) is 2.36. The summed E-state index contributed by atoms with van der Waals surface area (Å²) in [5.41, 5.74) is 0. The van der Waals surface area contributed by atoms with E-state index in [1.807, 2.05) is 18.7 Å². The molecular formula is C14H24N2O3. The molecule has 2 aliphatic rings. The van der Waals surface area contributed by atoms with Crippen LogP contribution in [0.4, 0.5) is 0 Å². The lowest BCUT2D eigenvalue weighted by molar-refractivity contribution is -0.152. The van der Waals surface area contributed by atoms with E-state index in [0.29, 0.717) is 25.6 Å². The Morgan fingerprint density at radius 3 is 2.42 bits per heavy atom. The van der Waals surface area contributed by atoms with Crippen molar-refractivity contribution >= 4 is 11.9 Å². The summed E-state index contributed by atoms with van der Waals surface area (Å²) >= 11 is 0. The van der Waals surface area contributed by atoms with Crippen LogP contribution in [0.1, 0.15) is 26.7 Å². The first-order valence-corrected chi connectivity index (χ1v) is 7.29. The number of rotatable bonds is 4. The van der Waals surface area contributed by atoms with Gasteiger partial charge >= 0.3 is 5.97 Å². The Labute approximate surface area is 114 Å². The van der Waals surface area contributed by atoms with Crippen LogP contribution in [0.25, 0.3) is 0 Å². The molecular weight excluding hydrogens is 244 g/mol. The van der Waals surface area contributed by atoms with Crippen molar-refractivity contribution in [3.63, 3.8) is 0 Å². The van der Waals surface area contributed by atoms with Crippen LogP contribution in [0.2, 0.25) is 0 Å². The SMILES string of the molecule is CCOC(=O)C1CCN(C(=O)C(C)C2CNC2)CC1. The number of ether oxygens (including phenoxy) is 1. The standard InChI is InChI=1S/C14H24N2O3/c1-3-19-14(18)11-4-6-16(7-5-11)13(17)10(2)12-8-15-9-12/h10-12,15H,3-9H2,1-2H3. The second-order valence-corrected chi connectivity index (χ2v) is 5.56. The number of nitrogens with one attached hydrogen (secondary N) is 1. The first-order valence-electron chi connectivity index (χ1n) is 7.29. The lowest BCUT2D eigenvalue weighted by Gasteiger charge is -2.37. The fraction of sp³-hybridized carbons (Fsp3) is 0.857. The molecule has 108 valence electrons. The lowest BCUT2D eigenvalue weighted by atomic mass is 9.87. The number of hydrogen-bond acceptors (Lipinski definition) is 4. The Balaban J connectivity index is 1.79. The van der Waals surface area contributed by atoms with Crippen LogP contribution in [0, 0.1) is 17.8 Å². The van der Waals surface area contributed by atoms with Gasteiger partial charge in [0.05, 0.1) is 12.5 Å². The van der Waals surface area contributed by atoms with E-state index in [4.69, 9.17) is 4.74 Å². The van der Waals surface area contributed by atoms with Crippen LogP contribution >= 0.6 is 0 Å². The van der Waals surface area contributed by atoms with Gasteiger partial charge in [-0.1, -0.05) is 6.92 Å². The third kappa shape index (κ3) is 3.26. The molecule has 0 aromatic carbocycles. The summed E-state index contributed by atoms with van der Waals surface area (Å²) in [7, 11) is 0. The van der Waals surface area contributed by atoms with E-state index in [9.17, 15) is 9.59 Å². The van der Waals surface area contributed by atoms with Gasteiger partial charge in [-0.05, 0) is 38.8 Å². The number of esters is 1. The molecule has 0 spiro atoms. The minimum absolute atomic E-state index is 0.0234. The number of amides is 1. The number of carbonyl (C=O) groups excluding carboxylic acids is 2. The number of carbonyl (C=O) groups is 2. The molecule has 5 heteroatoms. The Bertz CT molecular complexity index is 334. The van der Waals surface area contributed by atoms with Crippen LogP contribution in [-0.4, -0.2) is 49.6 Å². The maximum Gasteiger partial charge on any atom is 0.309 e. The third-order valence-electron chi connectivity index (χ3n) is 4.34. The average molecular weight is 268 g/mol. The van der Waals surface area contributed by atoms with E-state index in [2.05, 4.69) is 5.32 Å². The Hall–Kier alpha value is -1.10. The van der Waals surface area contributed by atoms with Crippen molar-refractivity contribution in [2.75, 3.05) is 32.8 Å². The van der Waals surface area contributed by atoms with Crippen molar-refractivity contribution in [3.8, 4) is 0 Å². The molecule has 0 saturated carbocycles. The second kappa shape index (κ2) is 6.37. The molecule has 2 aliphatic heterocycles. The number of piperidine rings is 1. The normalized spacial score (nSPS) is 22.7. The summed E-state index contributed by atoms with van der Waals surface area (Å²) in [5.74, 6) is 0.694. The van der Waals surface area contributed by atoms with Crippen LogP contribution in [0.15, 0.2) is 0 Å². The lowest BCUT2D eigenvalue weighted by Crippen LogP contribution is -2.51. The maximum atomic E-state index is 12.3. The highest BCUT2D eigenvalue weighted by Gasteiger charge is 2.34. The van der Waals surface area contributed by atoms with Crippen LogP contribution in [0.5, 0.6) is 0 Å². The highest BCUT2D eigenvalue weighted by atomic mass is 16.5. The molecule has 2 saturated heterocycles. The third-order valence-corrected chi connectivity index (χ3v) is 4.34. The molecule has 1 atom stereocenters. The minimum Gasteiger partial charge on any atom is -0.466 e. The zero-order valence-electron chi connectivity index (χ0n) is 11.9. The van der Waals surface area contributed by atoms with Crippen LogP contribution < -0.4 is 5.32 Å². The zero-order chi connectivity index (χ0) is 13.8. The van der Waals surface area contributed by atoms with Crippen LogP contribution in [-0.2, 0) is 14.3 Å². The molecule has 19 heavy (non-hydrogen) atoms. The largest absolute Gasteiger partial charge is 0.466 e. The second-order valence-electron chi connectivity index (χ2n) is 5.56. The number of hydrogen-bond donors (Lipinski definition) is 1. The Morgan fingerprint density at radius 1 is 1.32 bits per heavy atom. The predicted molar refractivity (Wildman–Crippen MR) is 71.5 cm³/mol. The van der Waals surface area contributed by atoms with E-state index < -0.39 is 0 Å². The minimum atomic E-state index is -0.106. The Kier molecular flexibility index (Phi) is 4.80. The molecule has 0 aromatic rings. The van der Waals surface area contributed by atoms with Gasteiger partial charge in [-0.15, -0.1) is 0 Å². The zero-order valence-corrected chi connectivity index (χ0v) is 11.9. The first-order chi connectivity index (χ1) is 9.13. The van der Waals surface area contributed by atoms with E-state index in [-0.39, 0.29) is 23.7 Å². The molecule has 0 radical (unpaired) electrons. The van der Waals surface area contributed by atoms with Crippen molar-refractivity contribution in [1.82, 2.24) is 10.2 Å². The monoisotopic (exact) mass is 268 g/mol. The quantitative estimate of drug-likeness (QED) is 0.760. The van der Waals surface area contributed by atoms with Gasteiger partial charge in [0.1, 0.15) is 0 Å². The van der Waals surface area contributed by atoms with Gasteiger partial charge in [-0.3, -0.25) is 9.59 Å². The molecule has 2 rings (SSSR count). The highest BCUT2D eigenvalue weighted by molar-refractivity contribution is 5.79. The van der Waals surface area contributed by atoms with Gasteiger partial charge in [0.2, 0.25) is 5.91 Å². The fourth-order valence-electron chi connectivity index (χ4n) is 2.75. The summed E-state index contributed by atoms with van der Waals surface area (Å²) in [6.45, 7) is 7.55. The molecule has 2 heterocycles. The number of likely N-dealkylation sites (tertiary alicyclic amines) is 1. The van der Waals surface area contributed by atoms with Crippen molar-refractivity contribution in [2.24, 2.45) is 17.8 Å². The highest BCUT2D eigenvalue weighted by Crippen LogP contribution is 2.23. The molecule has 0 aliphatic carbocycles. The van der Waals surface area contributed by atoms with E-state index in [1.165, 1.54) is 0 Å².